The van der Waals surface area contributed by atoms with Crippen LogP contribution < -0.4 is 0 Å². The van der Waals surface area contributed by atoms with Gasteiger partial charge in [-0.05, 0) is 36.3 Å². The molecular formula is C17H18CrO5. The topological polar surface area (TPSA) is 86.0 Å². The number of ether oxygens (including phenoxy) is 1. The molecule has 0 aromatic heterocycles. The number of aryl methyl sites for hydroxylation is 1. The van der Waals surface area contributed by atoms with Gasteiger partial charge in [-0.1, -0.05) is 30.7 Å². The summed E-state index contributed by atoms with van der Waals surface area (Å²) in [5.74, 6) is 0.800. The smallest absolute Gasteiger partial charge is 0 e. The van der Waals surface area contributed by atoms with Crippen LogP contribution in [0.25, 0.3) is 0 Å². The summed E-state index contributed by atoms with van der Waals surface area (Å²) in [7, 11) is 1.46. The monoisotopic (exact) mass is 354 g/mol. The van der Waals surface area contributed by atoms with Gasteiger partial charge in [-0.25, -0.2) is 0 Å². The van der Waals surface area contributed by atoms with Crippen LogP contribution >= 0.6 is 0 Å². The van der Waals surface area contributed by atoms with Gasteiger partial charge in [0, 0.05) is 17.4 Å². The van der Waals surface area contributed by atoms with Crippen molar-refractivity contribution in [2.75, 3.05) is 7.11 Å². The van der Waals surface area contributed by atoms with E-state index in [1.165, 1.54) is 23.8 Å². The first-order valence-electron chi connectivity index (χ1n) is 6.40. The Bertz CT molecular complexity index is 519. The van der Waals surface area contributed by atoms with Crippen molar-refractivity contribution in [2.45, 2.75) is 38.5 Å². The molecule has 0 unspecified atom stereocenters. The van der Waals surface area contributed by atoms with Crippen LogP contribution in [0.3, 0.4) is 0 Å². The Hall–Kier alpha value is -1.56. The molecule has 0 spiro atoms. The van der Waals surface area contributed by atoms with E-state index in [9.17, 15) is 4.79 Å². The molecule has 0 amide bonds. The maximum atomic E-state index is 11.3. The van der Waals surface area contributed by atoms with E-state index < -0.39 is 0 Å². The predicted molar refractivity (Wildman–Crippen MR) is 75.4 cm³/mol. The average Bonchev–Trinajstić information content (AvgIpc) is 2.88. The fraction of sp³-hybridized carbons (Fsp3) is 0.412. The van der Waals surface area contributed by atoms with Gasteiger partial charge in [-0.2, -0.15) is 0 Å². The van der Waals surface area contributed by atoms with Crippen LogP contribution in [-0.4, -0.2) is 13.1 Å². The number of carbonyl (C=O) groups is 1. The molecule has 2 rings (SSSR count). The minimum Gasteiger partial charge on any atom is 0 e. The second-order valence-corrected chi connectivity index (χ2v) is 4.75. The Kier molecular flexibility index (Phi) is 17.6. The Labute approximate surface area is 147 Å². The van der Waals surface area contributed by atoms with E-state index >= 15 is 0 Å². The van der Waals surface area contributed by atoms with Crippen LogP contribution in [0.5, 0.6) is 0 Å². The van der Waals surface area contributed by atoms with Crippen LogP contribution in [-0.2, 0) is 40.8 Å². The zero-order chi connectivity index (χ0) is 17.7. The third-order valence-corrected chi connectivity index (χ3v) is 3.49. The van der Waals surface area contributed by atoms with Gasteiger partial charge in [0.25, 0.3) is 0 Å². The second-order valence-electron chi connectivity index (χ2n) is 4.75. The first-order valence-corrected chi connectivity index (χ1v) is 6.40. The normalized spacial score (nSPS) is 16.2. The van der Waals surface area contributed by atoms with Gasteiger partial charge in [0.15, 0.2) is 0 Å². The molecule has 122 valence electrons. The van der Waals surface area contributed by atoms with Gasteiger partial charge in [0.1, 0.15) is 0 Å². The average molecular weight is 354 g/mol. The second kappa shape index (κ2) is 15.3. The van der Waals surface area contributed by atoms with Crippen LogP contribution in [0.1, 0.15) is 48.3 Å². The van der Waals surface area contributed by atoms with Crippen molar-refractivity contribution in [3.63, 3.8) is 0 Å². The first kappa shape index (κ1) is 26.3. The zero-order valence-electron chi connectivity index (χ0n) is 13.3. The van der Waals surface area contributed by atoms with Gasteiger partial charge in [0.05, 0.1) is 13.5 Å². The molecule has 5 nitrogen and oxygen atoms in total. The molecule has 2 atom stereocenters. The molecule has 0 heterocycles. The van der Waals surface area contributed by atoms with Crippen molar-refractivity contribution < 1.29 is 40.8 Å². The van der Waals surface area contributed by atoms with Crippen LogP contribution in [0, 0.1) is 26.9 Å². The zero-order valence-corrected chi connectivity index (χ0v) is 14.5. The Morgan fingerprint density at radius 3 is 2.17 bits per heavy atom. The number of hydrogen-bond acceptors (Lipinski definition) is 2. The van der Waals surface area contributed by atoms with Crippen LogP contribution in [0.4, 0.5) is 0 Å². The van der Waals surface area contributed by atoms with E-state index in [1.807, 2.05) is 0 Å². The third kappa shape index (κ3) is 8.02. The number of fused-ring (bicyclic) bond motifs is 1. The summed E-state index contributed by atoms with van der Waals surface area (Å²) in [5, 5.41) is 0. The van der Waals surface area contributed by atoms with Gasteiger partial charge >= 0.3 is 39.9 Å². The summed E-state index contributed by atoms with van der Waals surface area (Å²) < 4.78 is 27.3. The van der Waals surface area contributed by atoms with E-state index in [-0.39, 0.29) is 23.3 Å². The summed E-state index contributed by atoms with van der Waals surface area (Å²) in [4.78, 5) is 11.3. The van der Waals surface area contributed by atoms with Crippen LogP contribution in [0.15, 0.2) is 18.2 Å². The van der Waals surface area contributed by atoms with Crippen molar-refractivity contribution in [3.8, 4) is 0 Å². The van der Waals surface area contributed by atoms with E-state index in [0.29, 0.717) is 18.3 Å². The molecule has 6 heteroatoms. The van der Waals surface area contributed by atoms with Crippen molar-refractivity contribution in [1.82, 2.24) is 0 Å². The minimum atomic E-state index is -0.105. The number of benzene rings is 1. The molecule has 23 heavy (non-hydrogen) atoms. The molecule has 0 N–H and O–H groups in total. The predicted octanol–water partition coefficient (Wildman–Crippen LogP) is 3.03. The quantitative estimate of drug-likeness (QED) is 0.464. The summed E-state index contributed by atoms with van der Waals surface area (Å²) in [5.41, 5.74) is 4.01. The van der Waals surface area contributed by atoms with Gasteiger partial charge in [-0.15, -0.1) is 0 Å². The van der Waals surface area contributed by atoms with E-state index in [1.54, 1.807) is 0 Å². The van der Waals surface area contributed by atoms with E-state index in [0.717, 1.165) is 6.42 Å². The van der Waals surface area contributed by atoms with E-state index in [4.69, 9.17) is 18.7 Å². The molecule has 0 radical (unpaired) electrons. The molecular weight excluding hydrogens is 336 g/mol. The Morgan fingerprint density at radius 1 is 1.17 bits per heavy atom. The van der Waals surface area contributed by atoms with Crippen LogP contribution in [0.2, 0.25) is 0 Å². The molecule has 1 aliphatic carbocycles. The van der Waals surface area contributed by atoms with Gasteiger partial charge in [0.2, 0.25) is 0 Å². The number of hydrogen-bond donors (Lipinski definition) is 0. The first-order chi connectivity index (χ1) is 10.6. The SMILES string of the molecule is COC(=O)C[C@H]1C[C@H](C)c2ccc(C)cc21.[C-]#[O+].[C-]#[O+].[C-]#[O+].[Cr]. The van der Waals surface area contributed by atoms with Gasteiger partial charge < -0.3 is 4.74 Å². The van der Waals surface area contributed by atoms with Crippen molar-refractivity contribution in [1.29, 1.82) is 0 Å². The summed E-state index contributed by atoms with van der Waals surface area (Å²) in [6.07, 6.45) is 1.57. The summed E-state index contributed by atoms with van der Waals surface area (Å²) in [6, 6.07) is 6.56. The largest absolute Gasteiger partial charge is 0 e. The fourth-order valence-corrected chi connectivity index (χ4v) is 2.66. The Balaban J connectivity index is -0.000000514. The fourth-order valence-electron chi connectivity index (χ4n) is 2.66. The van der Waals surface area contributed by atoms with Crippen molar-refractivity contribution in [2.24, 2.45) is 0 Å². The molecule has 0 bridgehead atoms. The molecule has 1 aromatic rings. The van der Waals surface area contributed by atoms with Crippen molar-refractivity contribution in [3.05, 3.63) is 54.8 Å². The number of methoxy groups -OCH3 is 1. The Morgan fingerprint density at radius 2 is 1.70 bits per heavy atom. The van der Waals surface area contributed by atoms with Crippen molar-refractivity contribution >= 4 is 5.97 Å². The standard InChI is InChI=1S/C14H18O2.3CO.Cr/c1-9-4-5-12-10(2)7-11(13(12)6-9)8-14(15)16-3;3*1-2;/h4-6,10-11H,7-8H2,1-3H3;;;;/t10-,11+;;;;/m0..../s1. The van der Waals surface area contributed by atoms with Gasteiger partial charge in [-0.3, -0.25) is 4.79 Å². The number of carbonyl (C=O) groups excluding carboxylic acids is 1. The minimum absolute atomic E-state index is 0. The number of esters is 1. The molecule has 0 fully saturated rings. The molecule has 0 saturated heterocycles. The maximum Gasteiger partial charge on any atom is 0 e. The third-order valence-electron chi connectivity index (χ3n) is 3.49. The number of rotatable bonds is 2. The molecule has 0 saturated carbocycles. The summed E-state index contributed by atoms with van der Waals surface area (Å²) >= 11 is 0. The summed E-state index contributed by atoms with van der Waals surface area (Å²) in [6.45, 7) is 17.8. The molecule has 1 aromatic carbocycles. The molecule has 1 aliphatic rings. The maximum absolute atomic E-state index is 11.3. The van der Waals surface area contributed by atoms with E-state index in [2.05, 4.69) is 52.0 Å². The molecule has 0 aliphatic heterocycles.